The second-order valence-corrected chi connectivity index (χ2v) is 9.73. The SMILES string of the molecule is CSc1cc(C2CCCNC2)nc2ccnn12.Clc1cc(C2CCCNC2)nc2ccnn12. The zero-order valence-electron chi connectivity index (χ0n) is 18.7. The lowest BCUT2D eigenvalue weighted by Gasteiger charge is -2.22. The average molecular weight is 485 g/mol. The van der Waals surface area contributed by atoms with Crippen LogP contribution in [0.2, 0.25) is 5.15 Å². The second-order valence-electron chi connectivity index (χ2n) is 8.52. The Kier molecular flexibility index (Phi) is 7.10. The molecule has 0 aliphatic carbocycles. The molecule has 2 atom stereocenters. The lowest BCUT2D eigenvalue weighted by atomic mass is 9.96. The molecule has 2 aliphatic rings. The molecule has 0 radical (unpaired) electrons. The van der Waals surface area contributed by atoms with Crippen molar-refractivity contribution in [2.45, 2.75) is 42.5 Å². The summed E-state index contributed by atoms with van der Waals surface area (Å²) >= 11 is 7.88. The number of hydrogen-bond donors (Lipinski definition) is 2. The lowest BCUT2D eigenvalue weighted by Crippen LogP contribution is -2.29. The van der Waals surface area contributed by atoms with Gasteiger partial charge in [-0.3, -0.25) is 0 Å². The number of fused-ring (bicyclic) bond motifs is 2. The van der Waals surface area contributed by atoms with E-state index >= 15 is 0 Å². The summed E-state index contributed by atoms with van der Waals surface area (Å²) in [6, 6.07) is 7.96. The summed E-state index contributed by atoms with van der Waals surface area (Å²) in [5.74, 6) is 1.03. The number of nitrogens with zero attached hydrogens (tertiary/aromatic N) is 6. The molecular formula is C23H29ClN8S. The predicted molar refractivity (Wildman–Crippen MR) is 132 cm³/mol. The number of piperidine rings is 2. The molecule has 2 N–H and O–H groups in total. The first kappa shape index (κ1) is 22.6. The van der Waals surface area contributed by atoms with Crippen LogP contribution in [0, 0.1) is 0 Å². The van der Waals surface area contributed by atoms with E-state index in [1.807, 2.05) is 28.9 Å². The van der Waals surface area contributed by atoms with E-state index in [0.29, 0.717) is 17.0 Å². The Balaban J connectivity index is 0.000000139. The van der Waals surface area contributed by atoms with Gasteiger partial charge in [0.25, 0.3) is 0 Å². The molecule has 6 heterocycles. The number of nitrogens with one attached hydrogen (secondary N) is 2. The second kappa shape index (κ2) is 10.4. The quantitative estimate of drug-likeness (QED) is 0.338. The van der Waals surface area contributed by atoms with Gasteiger partial charge in [-0.05, 0) is 57.2 Å². The number of thioether (sulfide) groups is 1. The summed E-state index contributed by atoms with van der Waals surface area (Å²) in [5, 5.41) is 17.0. The first-order valence-electron chi connectivity index (χ1n) is 11.5. The first-order chi connectivity index (χ1) is 16.2. The molecule has 0 spiro atoms. The third-order valence-corrected chi connectivity index (χ3v) is 7.30. The van der Waals surface area contributed by atoms with E-state index in [1.54, 1.807) is 22.5 Å². The highest BCUT2D eigenvalue weighted by molar-refractivity contribution is 7.98. The van der Waals surface area contributed by atoms with Crippen LogP contribution in [0.25, 0.3) is 11.3 Å². The minimum Gasteiger partial charge on any atom is -0.316 e. The van der Waals surface area contributed by atoms with E-state index < -0.39 is 0 Å². The van der Waals surface area contributed by atoms with Crippen molar-refractivity contribution in [3.05, 3.63) is 53.2 Å². The van der Waals surface area contributed by atoms with Gasteiger partial charge in [0, 0.05) is 42.8 Å². The van der Waals surface area contributed by atoms with Crippen LogP contribution in [0.3, 0.4) is 0 Å². The van der Waals surface area contributed by atoms with Gasteiger partial charge in [-0.15, -0.1) is 11.8 Å². The van der Waals surface area contributed by atoms with Crippen LogP contribution in [0.1, 0.15) is 48.9 Å². The highest BCUT2D eigenvalue weighted by Gasteiger charge is 2.19. The van der Waals surface area contributed by atoms with Crippen LogP contribution >= 0.6 is 23.4 Å². The normalized spacial score (nSPS) is 21.2. The van der Waals surface area contributed by atoms with Crippen molar-refractivity contribution in [1.82, 2.24) is 39.8 Å². The number of rotatable bonds is 3. The van der Waals surface area contributed by atoms with Crippen LogP contribution in [0.15, 0.2) is 41.7 Å². The zero-order chi connectivity index (χ0) is 22.6. The van der Waals surface area contributed by atoms with Crippen molar-refractivity contribution in [1.29, 1.82) is 0 Å². The van der Waals surface area contributed by atoms with Gasteiger partial charge in [0.15, 0.2) is 11.3 Å². The molecule has 10 heteroatoms. The standard InChI is InChI=1S/C12H16N4S.C11H13ClN4/c1-17-12-7-10(9-3-2-5-13-8-9)15-11-4-6-14-16(11)12;12-10-6-9(8-2-1-4-13-7-8)15-11-3-5-14-16(10)11/h4,6-7,9,13H,2-3,5,8H2,1H3;3,5-6,8,13H,1-2,4,7H2. The number of aromatic nitrogens is 6. The van der Waals surface area contributed by atoms with E-state index in [1.165, 1.54) is 36.4 Å². The molecule has 4 aromatic rings. The van der Waals surface area contributed by atoms with Gasteiger partial charge < -0.3 is 10.6 Å². The highest BCUT2D eigenvalue weighted by atomic mass is 35.5. The molecular weight excluding hydrogens is 456 g/mol. The smallest absolute Gasteiger partial charge is 0.156 e. The van der Waals surface area contributed by atoms with Crippen LogP contribution in [-0.4, -0.2) is 61.6 Å². The average Bonchev–Trinajstić information content (AvgIpc) is 3.55. The van der Waals surface area contributed by atoms with Crippen molar-refractivity contribution in [3.63, 3.8) is 0 Å². The molecule has 6 rings (SSSR count). The molecule has 2 unspecified atom stereocenters. The van der Waals surface area contributed by atoms with Crippen molar-refractivity contribution in [2.75, 3.05) is 32.4 Å². The summed E-state index contributed by atoms with van der Waals surface area (Å²) in [7, 11) is 0. The van der Waals surface area contributed by atoms with E-state index in [2.05, 4.69) is 38.1 Å². The fourth-order valence-electron chi connectivity index (χ4n) is 4.57. The summed E-state index contributed by atoms with van der Waals surface area (Å²) in [6.07, 6.45) is 10.5. The Hall–Kier alpha value is -2.20. The van der Waals surface area contributed by atoms with Gasteiger partial charge in [0.2, 0.25) is 0 Å². The molecule has 33 heavy (non-hydrogen) atoms. The zero-order valence-corrected chi connectivity index (χ0v) is 20.3. The maximum atomic E-state index is 6.16. The van der Waals surface area contributed by atoms with Gasteiger partial charge in [-0.1, -0.05) is 11.6 Å². The number of halogens is 1. The fourth-order valence-corrected chi connectivity index (χ4v) is 5.36. The van der Waals surface area contributed by atoms with Crippen molar-refractivity contribution < 1.29 is 0 Å². The number of hydrogen-bond acceptors (Lipinski definition) is 7. The van der Waals surface area contributed by atoms with Gasteiger partial charge in [-0.25, -0.2) is 19.0 Å². The molecule has 4 aromatic heterocycles. The van der Waals surface area contributed by atoms with Gasteiger partial charge in [0.05, 0.1) is 18.1 Å². The molecule has 2 saturated heterocycles. The summed E-state index contributed by atoms with van der Waals surface area (Å²) in [4.78, 5) is 9.31. The van der Waals surface area contributed by atoms with Crippen molar-refractivity contribution in [3.8, 4) is 0 Å². The maximum absolute atomic E-state index is 6.16. The fraction of sp³-hybridized carbons (Fsp3) is 0.478. The molecule has 8 nitrogen and oxygen atoms in total. The third kappa shape index (κ3) is 5.01. The Bertz CT molecular complexity index is 1210. The monoisotopic (exact) mass is 484 g/mol. The van der Waals surface area contributed by atoms with Crippen molar-refractivity contribution in [2.24, 2.45) is 0 Å². The van der Waals surface area contributed by atoms with Crippen LogP contribution in [0.4, 0.5) is 0 Å². The van der Waals surface area contributed by atoms with E-state index in [4.69, 9.17) is 16.6 Å². The van der Waals surface area contributed by atoms with E-state index in [-0.39, 0.29) is 0 Å². The van der Waals surface area contributed by atoms with Gasteiger partial charge >= 0.3 is 0 Å². The minimum absolute atomic E-state index is 0.478. The molecule has 0 bridgehead atoms. The first-order valence-corrected chi connectivity index (χ1v) is 13.1. The topological polar surface area (TPSA) is 84.4 Å². The van der Waals surface area contributed by atoms with Gasteiger partial charge in [-0.2, -0.15) is 10.2 Å². The van der Waals surface area contributed by atoms with Gasteiger partial charge in [0.1, 0.15) is 10.2 Å². The third-order valence-electron chi connectivity index (χ3n) is 6.32. The Morgan fingerprint density at radius 3 is 2.03 bits per heavy atom. The van der Waals surface area contributed by atoms with Crippen LogP contribution in [-0.2, 0) is 0 Å². The Morgan fingerprint density at radius 2 is 1.45 bits per heavy atom. The molecule has 0 amide bonds. The highest BCUT2D eigenvalue weighted by Crippen LogP contribution is 2.26. The van der Waals surface area contributed by atoms with E-state index in [9.17, 15) is 0 Å². The van der Waals surface area contributed by atoms with E-state index in [0.717, 1.165) is 43.2 Å². The van der Waals surface area contributed by atoms with Crippen LogP contribution < -0.4 is 10.6 Å². The Labute approximate surface area is 202 Å². The molecule has 0 saturated carbocycles. The summed E-state index contributed by atoms with van der Waals surface area (Å²) < 4.78 is 3.56. The minimum atomic E-state index is 0.478. The largest absolute Gasteiger partial charge is 0.316 e. The maximum Gasteiger partial charge on any atom is 0.156 e. The predicted octanol–water partition coefficient (Wildman–Crippen LogP) is 3.77. The van der Waals surface area contributed by atoms with Crippen LogP contribution in [0.5, 0.6) is 0 Å². The lowest BCUT2D eigenvalue weighted by molar-refractivity contribution is 0.453. The molecule has 0 aromatic carbocycles. The summed E-state index contributed by atoms with van der Waals surface area (Å²) in [6.45, 7) is 4.29. The molecule has 174 valence electrons. The van der Waals surface area contributed by atoms with Crippen molar-refractivity contribution >= 4 is 34.7 Å². The molecule has 2 aliphatic heterocycles. The Morgan fingerprint density at radius 1 is 0.879 bits per heavy atom. The molecule has 2 fully saturated rings. The summed E-state index contributed by atoms with van der Waals surface area (Å²) in [5.41, 5.74) is 4.06.